The molecular weight excluding hydrogens is 312 g/mol. The summed E-state index contributed by atoms with van der Waals surface area (Å²) in [5.41, 5.74) is 3.18. The number of halogens is 1. The Balaban J connectivity index is 2.03. The molecule has 94 valence electrons. The lowest BCUT2D eigenvalue weighted by molar-refractivity contribution is 0.655. The van der Waals surface area contributed by atoms with Crippen molar-refractivity contribution in [1.82, 2.24) is 10.2 Å². The molecule has 0 spiro atoms. The Labute approximate surface area is 117 Å². The number of aromatic amines is 1. The number of thiophene rings is 1. The molecule has 0 bridgehead atoms. The average Bonchev–Trinajstić information content (AvgIpc) is 2.79. The Morgan fingerprint density at radius 3 is 2.83 bits per heavy atom. The van der Waals surface area contributed by atoms with Crippen LogP contribution in [0.25, 0.3) is 0 Å². The predicted octanol–water partition coefficient (Wildman–Crippen LogP) is 3.06. The number of nitrogens with zero attached hydrogens (tertiary/aromatic N) is 1. The average molecular weight is 325 g/mol. The fourth-order valence-electron chi connectivity index (χ4n) is 2.48. The fraction of sp³-hybridized carbons (Fsp3) is 0.385. The fourth-order valence-corrected chi connectivity index (χ4v) is 3.97. The van der Waals surface area contributed by atoms with Gasteiger partial charge in [0.25, 0.3) is 5.56 Å². The SMILES string of the molecule is O=c1[nH]nc(Cc2sccc2Br)c2c1CCCC2. The van der Waals surface area contributed by atoms with Gasteiger partial charge in [0.2, 0.25) is 0 Å². The summed E-state index contributed by atoms with van der Waals surface area (Å²) in [4.78, 5) is 13.0. The molecule has 0 aromatic carbocycles. The third kappa shape index (κ3) is 2.17. The zero-order chi connectivity index (χ0) is 12.5. The molecule has 0 atom stereocenters. The van der Waals surface area contributed by atoms with E-state index in [0.29, 0.717) is 0 Å². The lowest BCUT2D eigenvalue weighted by Gasteiger charge is -2.17. The standard InChI is InChI=1S/C13H13BrN2OS/c14-10-5-6-18-12(10)7-11-8-3-1-2-4-9(8)13(17)16-15-11/h5-6H,1-4,7H2,(H,16,17). The second-order valence-corrected chi connectivity index (χ2v) is 6.39. The maximum Gasteiger partial charge on any atom is 0.267 e. The summed E-state index contributed by atoms with van der Waals surface area (Å²) in [5.74, 6) is 0. The molecular formula is C13H13BrN2OS. The second-order valence-electron chi connectivity index (χ2n) is 4.53. The number of aromatic nitrogens is 2. The molecule has 0 saturated heterocycles. The first-order valence-corrected chi connectivity index (χ1v) is 7.74. The quantitative estimate of drug-likeness (QED) is 0.922. The van der Waals surface area contributed by atoms with Crippen LogP contribution in [0.15, 0.2) is 20.7 Å². The van der Waals surface area contributed by atoms with Gasteiger partial charge in [0.1, 0.15) is 0 Å². The third-order valence-electron chi connectivity index (χ3n) is 3.40. The van der Waals surface area contributed by atoms with Crippen LogP contribution in [0.3, 0.4) is 0 Å². The number of rotatable bonds is 2. The van der Waals surface area contributed by atoms with Crippen LogP contribution in [0.1, 0.15) is 34.5 Å². The van der Waals surface area contributed by atoms with Crippen LogP contribution in [-0.2, 0) is 19.3 Å². The van der Waals surface area contributed by atoms with Crippen molar-refractivity contribution >= 4 is 27.3 Å². The Morgan fingerprint density at radius 2 is 2.11 bits per heavy atom. The van der Waals surface area contributed by atoms with Crippen LogP contribution >= 0.6 is 27.3 Å². The molecule has 0 fully saturated rings. The van der Waals surface area contributed by atoms with Crippen LogP contribution in [0.4, 0.5) is 0 Å². The van der Waals surface area contributed by atoms with E-state index in [1.807, 2.05) is 0 Å². The van der Waals surface area contributed by atoms with Crippen molar-refractivity contribution in [2.45, 2.75) is 32.1 Å². The third-order valence-corrected chi connectivity index (χ3v) is 5.33. The van der Waals surface area contributed by atoms with Crippen molar-refractivity contribution in [2.75, 3.05) is 0 Å². The number of hydrogen-bond donors (Lipinski definition) is 1. The van der Waals surface area contributed by atoms with Gasteiger partial charge in [0.15, 0.2) is 0 Å². The van der Waals surface area contributed by atoms with Crippen molar-refractivity contribution in [1.29, 1.82) is 0 Å². The molecule has 5 heteroatoms. The molecule has 18 heavy (non-hydrogen) atoms. The van der Waals surface area contributed by atoms with Gasteiger partial charge in [-0.25, -0.2) is 5.10 Å². The zero-order valence-corrected chi connectivity index (χ0v) is 12.2. The van der Waals surface area contributed by atoms with Crippen LogP contribution in [0, 0.1) is 0 Å². The molecule has 2 aromatic rings. The van der Waals surface area contributed by atoms with Gasteiger partial charge in [0.05, 0.1) is 5.69 Å². The maximum absolute atomic E-state index is 11.8. The summed E-state index contributed by atoms with van der Waals surface area (Å²) < 4.78 is 1.13. The predicted molar refractivity (Wildman–Crippen MR) is 76.3 cm³/mol. The smallest absolute Gasteiger partial charge is 0.267 e. The monoisotopic (exact) mass is 324 g/mol. The van der Waals surface area contributed by atoms with Gasteiger partial charge < -0.3 is 0 Å². The molecule has 2 aromatic heterocycles. The van der Waals surface area contributed by atoms with Crippen LogP contribution in [0.2, 0.25) is 0 Å². The van der Waals surface area contributed by atoms with E-state index < -0.39 is 0 Å². The van der Waals surface area contributed by atoms with E-state index >= 15 is 0 Å². The van der Waals surface area contributed by atoms with E-state index in [2.05, 4.69) is 37.6 Å². The maximum atomic E-state index is 11.8. The highest BCUT2D eigenvalue weighted by Crippen LogP contribution is 2.27. The van der Waals surface area contributed by atoms with Gasteiger partial charge in [0, 0.05) is 21.3 Å². The minimum atomic E-state index is -0.00121. The summed E-state index contributed by atoms with van der Waals surface area (Å²) in [6, 6.07) is 2.05. The zero-order valence-electron chi connectivity index (χ0n) is 9.83. The molecule has 3 nitrogen and oxygen atoms in total. The highest BCUT2D eigenvalue weighted by atomic mass is 79.9. The first-order valence-electron chi connectivity index (χ1n) is 6.07. The lowest BCUT2D eigenvalue weighted by atomic mass is 9.91. The van der Waals surface area contributed by atoms with E-state index in [0.717, 1.165) is 47.8 Å². The number of fused-ring (bicyclic) bond motifs is 1. The van der Waals surface area contributed by atoms with E-state index in [-0.39, 0.29) is 5.56 Å². The van der Waals surface area contributed by atoms with Gasteiger partial charge in [-0.2, -0.15) is 5.10 Å². The molecule has 0 saturated carbocycles. The van der Waals surface area contributed by atoms with Crippen LogP contribution in [-0.4, -0.2) is 10.2 Å². The summed E-state index contributed by atoms with van der Waals surface area (Å²) in [6.45, 7) is 0. The molecule has 1 aliphatic rings. The van der Waals surface area contributed by atoms with Gasteiger partial charge in [-0.3, -0.25) is 4.79 Å². The number of nitrogens with one attached hydrogen (secondary N) is 1. The number of H-pyrrole nitrogens is 1. The molecule has 1 N–H and O–H groups in total. The molecule has 0 radical (unpaired) electrons. The summed E-state index contributed by atoms with van der Waals surface area (Å²) in [5, 5.41) is 8.97. The van der Waals surface area contributed by atoms with Crippen LogP contribution < -0.4 is 5.56 Å². The highest BCUT2D eigenvalue weighted by molar-refractivity contribution is 9.10. The topological polar surface area (TPSA) is 45.8 Å². The minimum Gasteiger partial charge on any atom is -0.268 e. The van der Waals surface area contributed by atoms with Gasteiger partial charge in [-0.1, -0.05) is 0 Å². The highest BCUT2D eigenvalue weighted by Gasteiger charge is 2.18. The summed E-state index contributed by atoms with van der Waals surface area (Å²) in [7, 11) is 0. The summed E-state index contributed by atoms with van der Waals surface area (Å²) in [6.07, 6.45) is 4.96. The van der Waals surface area contributed by atoms with Crippen molar-refractivity contribution in [2.24, 2.45) is 0 Å². The Morgan fingerprint density at radius 1 is 1.33 bits per heavy atom. The minimum absolute atomic E-state index is 0.00121. The van der Waals surface area contributed by atoms with E-state index in [1.54, 1.807) is 11.3 Å². The molecule has 0 aliphatic heterocycles. The largest absolute Gasteiger partial charge is 0.268 e. The Bertz CT molecular complexity index is 632. The van der Waals surface area contributed by atoms with Crippen molar-refractivity contribution in [3.63, 3.8) is 0 Å². The molecule has 2 heterocycles. The second kappa shape index (κ2) is 4.97. The van der Waals surface area contributed by atoms with Crippen LogP contribution in [0.5, 0.6) is 0 Å². The lowest BCUT2D eigenvalue weighted by Crippen LogP contribution is -2.22. The normalized spacial score (nSPS) is 14.5. The molecule has 1 aliphatic carbocycles. The van der Waals surface area contributed by atoms with Crippen molar-refractivity contribution in [3.05, 3.63) is 48.0 Å². The van der Waals surface area contributed by atoms with Gasteiger partial charge >= 0.3 is 0 Å². The first-order chi connectivity index (χ1) is 8.75. The van der Waals surface area contributed by atoms with Gasteiger partial charge in [-0.05, 0) is 58.6 Å². The van der Waals surface area contributed by atoms with Crippen molar-refractivity contribution in [3.8, 4) is 0 Å². The van der Waals surface area contributed by atoms with Crippen molar-refractivity contribution < 1.29 is 0 Å². The van der Waals surface area contributed by atoms with E-state index in [9.17, 15) is 4.79 Å². The summed E-state index contributed by atoms with van der Waals surface area (Å²) >= 11 is 5.27. The number of hydrogen-bond acceptors (Lipinski definition) is 3. The van der Waals surface area contributed by atoms with Gasteiger partial charge in [-0.15, -0.1) is 11.3 Å². The Hall–Kier alpha value is -0.940. The molecule has 0 unspecified atom stereocenters. The first kappa shape index (κ1) is 12.1. The molecule has 0 amide bonds. The molecule has 3 rings (SSSR count). The van der Waals surface area contributed by atoms with E-state index in [1.165, 1.54) is 10.4 Å². The van der Waals surface area contributed by atoms with E-state index in [4.69, 9.17) is 0 Å². The Kier molecular flexibility index (Phi) is 3.35.